The van der Waals surface area contributed by atoms with Crippen molar-refractivity contribution in [1.82, 2.24) is 15.5 Å². The van der Waals surface area contributed by atoms with Crippen LogP contribution >= 0.6 is 0 Å². The first-order chi connectivity index (χ1) is 8.12. The molecule has 0 aromatic rings. The van der Waals surface area contributed by atoms with Gasteiger partial charge in [-0.25, -0.2) is 0 Å². The van der Waals surface area contributed by atoms with Crippen molar-refractivity contribution in [3.05, 3.63) is 0 Å². The molecule has 2 aliphatic heterocycles. The number of hydrogen-bond acceptors (Lipinski definition) is 5. The average molecular weight is 240 g/mol. The van der Waals surface area contributed by atoms with Crippen LogP contribution < -0.4 is 10.6 Å². The van der Waals surface area contributed by atoms with E-state index in [2.05, 4.69) is 41.5 Å². The Morgan fingerprint density at radius 1 is 1.47 bits per heavy atom. The van der Waals surface area contributed by atoms with Crippen LogP contribution in [-0.2, 0) is 4.74 Å². The predicted octanol–water partition coefficient (Wildman–Crippen LogP) is 0.0345. The van der Waals surface area contributed by atoms with Crippen molar-refractivity contribution in [3.63, 3.8) is 0 Å². The zero-order valence-corrected chi connectivity index (χ0v) is 11.1. The minimum absolute atomic E-state index is 0.203. The van der Waals surface area contributed by atoms with Crippen LogP contribution in [0, 0.1) is 0 Å². The van der Waals surface area contributed by atoms with Gasteiger partial charge >= 0.3 is 0 Å². The maximum atomic E-state index is 5.46. The van der Waals surface area contributed by atoms with Crippen LogP contribution in [-0.4, -0.2) is 62.8 Å². The van der Waals surface area contributed by atoms with Crippen LogP contribution in [0.2, 0.25) is 0 Å². The highest BCUT2D eigenvalue weighted by Crippen LogP contribution is 2.25. The number of guanidine groups is 1. The Balaban J connectivity index is 1.89. The molecule has 0 aliphatic carbocycles. The number of hydrogen-bond donors (Lipinski definition) is 2. The first-order valence-corrected chi connectivity index (χ1v) is 6.42. The molecule has 98 valence electrons. The SMILES string of the molecule is CC1CN=C(NCC2(N(C)C)CCOCC2)N1. The number of likely N-dealkylation sites (N-methyl/N-ethyl adjacent to an activating group) is 1. The van der Waals surface area contributed by atoms with E-state index in [0.29, 0.717) is 6.04 Å². The summed E-state index contributed by atoms with van der Waals surface area (Å²) in [6.45, 7) is 5.67. The van der Waals surface area contributed by atoms with E-state index in [1.54, 1.807) is 0 Å². The summed E-state index contributed by atoms with van der Waals surface area (Å²) in [5, 5.41) is 6.78. The van der Waals surface area contributed by atoms with E-state index in [0.717, 1.165) is 45.1 Å². The summed E-state index contributed by atoms with van der Waals surface area (Å²) in [7, 11) is 4.30. The molecule has 0 saturated carbocycles. The Labute approximate surface area is 104 Å². The molecule has 1 saturated heterocycles. The van der Waals surface area contributed by atoms with E-state index in [-0.39, 0.29) is 5.54 Å². The van der Waals surface area contributed by atoms with Crippen molar-refractivity contribution in [2.24, 2.45) is 4.99 Å². The van der Waals surface area contributed by atoms with Gasteiger partial charge in [0.2, 0.25) is 0 Å². The monoisotopic (exact) mass is 240 g/mol. The van der Waals surface area contributed by atoms with Crippen LogP contribution in [0.5, 0.6) is 0 Å². The predicted molar refractivity (Wildman–Crippen MR) is 69.4 cm³/mol. The van der Waals surface area contributed by atoms with E-state index in [9.17, 15) is 0 Å². The Kier molecular flexibility index (Phi) is 3.89. The summed E-state index contributed by atoms with van der Waals surface area (Å²) >= 11 is 0. The fraction of sp³-hybridized carbons (Fsp3) is 0.917. The molecule has 2 aliphatic rings. The molecule has 1 fully saturated rings. The van der Waals surface area contributed by atoms with Crippen molar-refractivity contribution in [2.75, 3.05) is 40.4 Å². The summed E-state index contributed by atoms with van der Waals surface area (Å²) in [4.78, 5) is 6.76. The number of aliphatic imine (C=N–C) groups is 1. The molecule has 0 spiro atoms. The highest BCUT2D eigenvalue weighted by Gasteiger charge is 2.35. The molecule has 1 unspecified atom stereocenters. The minimum atomic E-state index is 0.203. The van der Waals surface area contributed by atoms with Gasteiger partial charge in [-0.15, -0.1) is 0 Å². The summed E-state index contributed by atoms with van der Waals surface area (Å²) in [5.74, 6) is 0.949. The van der Waals surface area contributed by atoms with Gasteiger partial charge in [0, 0.05) is 31.3 Å². The third-order valence-electron chi connectivity index (χ3n) is 3.86. The molecule has 17 heavy (non-hydrogen) atoms. The van der Waals surface area contributed by atoms with E-state index in [4.69, 9.17) is 4.74 Å². The maximum absolute atomic E-state index is 5.46. The summed E-state index contributed by atoms with van der Waals surface area (Å²) in [5.41, 5.74) is 0.203. The maximum Gasteiger partial charge on any atom is 0.191 e. The van der Waals surface area contributed by atoms with Gasteiger partial charge < -0.3 is 20.3 Å². The Morgan fingerprint density at radius 2 is 2.18 bits per heavy atom. The Hall–Kier alpha value is -0.810. The zero-order valence-electron chi connectivity index (χ0n) is 11.1. The van der Waals surface area contributed by atoms with Gasteiger partial charge in [-0.3, -0.25) is 4.99 Å². The van der Waals surface area contributed by atoms with E-state index >= 15 is 0 Å². The van der Waals surface area contributed by atoms with Crippen LogP contribution in [0.15, 0.2) is 4.99 Å². The van der Waals surface area contributed by atoms with Crippen molar-refractivity contribution >= 4 is 5.96 Å². The number of ether oxygens (including phenoxy) is 1. The third-order valence-corrected chi connectivity index (χ3v) is 3.86. The highest BCUT2D eigenvalue weighted by atomic mass is 16.5. The van der Waals surface area contributed by atoms with Gasteiger partial charge in [0.15, 0.2) is 5.96 Å². The second-order valence-electron chi connectivity index (χ2n) is 5.32. The minimum Gasteiger partial charge on any atom is -0.381 e. The summed E-state index contributed by atoms with van der Waals surface area (Å²) in [6.07, 6.45) is 2.16. The molecular formula is C12H24N4O. The lowest BCUT2D eigenvalue weighted by Crippen LogP contribution is -2.56. The molecule has 0 aromatic heterocycles. The van der Waals surface area contributed by atoms with Crippen LogP contribution in [0.1, 0.15) is 19.8 Å². The molecule has 0 bridgehead atoms. The normalized spacial score (nSPS) is 27.8. The van der Waals surface area contributed by atoms with Crippen molar-refractivity contribution in [1.29, 1.82) is 0 Å². The quantitative estimate of drug-likeness (QED) is 0.731. The molecule has 0 aromatic carbocycles. The molecule has 2 heterocycles. The third kappa shape index (κ3) is 2.90. The molecule has 1 atom stereocenters. The first-order valence-electron chi connectivity index (χ1n) is 6.42. The van der Waals surface area contributed by atoms with Crippen molar-refractivity contribution in [3.8, 4) is 0 Å². The van der Waals surface area contributed by atoms with E-state index < -0.39 is 0 Å². The molecule has 0 radical (unpaired) electrons. The fourth-order valence-corrected chi connectivity index (χ4v) is 2.44. The first kappa shape index (κ1) is 12.6. The molecule has 0 amide bonds. The van der Waals surface area contributed by atoms with E-state index in [1.165, 1.54) is 0 Å². The second kappa shape index (κ2) is 5.23. The van der Waals surface area contributed by atoms with Gasteiger partial charge in [-0.1, -0.05) is 0 Å². The molecule has 5 nitrogen and oxygen atoms in total. The lowest BCUT2D eigenvalue weighted by atomic mass is 9.88. The Morgan fingerprint density at radius 3 is 2.71 bits per heavy atom. The topological polar surface area (TPSA) is 48.9 Å². The summed E-state index contributed by atoms with van der Waals surface area (Å²) in [6, 6.07) is 0.461. The highest BCUT2D eigenvalue weighted by molar-refractivity contribution is 5.81. The molecule has 2 N–H and O–H groups in total. The standard InChI is InChI=1S/C12H24N4O/c1-10-8-13-11(15-10)14-9-12(16(2)3)4-6-17-7-5-12/h10H,4-9H2,1-3H3,(H2,13,14,15). The van der Waals surface area contributed by atoms with Gasteiger partial charge in [0.25, 0.3) is 0 Å². The lowest BCUT2D eigenvalue weighted by Gasteiger charge is -2.43. The fourth-order valence-electron chi connectivity index (χ4n) is 2.44. The van der Waals surface area contributed by atoms with Crippen molar-refractivity contribution in [2.45, 2.75) is 31.3 Å². The van der Waals surface area contributed by atoms with E-state index in [1.807, 2.05) is 0 Å². The van der Waals surface area contributed by atoms with Crippen LogP contribution in [0.25, 0.3) is 0 Å². The zero-order chi connectivity index (χ0) is 12.3. The lowest BCUT2D eigenvalue weighted by molar-refractivity contribution is -0.00499. The van der Waals surface area contributed by atoms with Crippen LogP contribution in [0.3, 0.4) is 0 Å². The molecule has 2 rings (SSSR count). The number of nitrogens with zero attached hydrogens (tertiary/aromatic N) is 2. The number of rotatable bonds is 3. The van der Waals surface area contributed by atoms with Gasteiger partial charge in [-0.05, 0) is 33.9 Å². The van der Waals surface area contributed by atoms with Gasteiger partial charge in [0.05, 0.1) is 6.54 Å². The van der Waals surface area contributed by atoms with Crippen LogP contribution in [0.4, 0.5) is 0 Å². The largest absolute Gasteiger partial charge is 0.381 e. The average Bonchev–Trinajstić information content (AvgIpc) is 2.74. The molecular weight excluding hydrogens is 216 g/mol. The number of nitrogens with one attached hydrogen (secondary N) is 2. The van der Waals surface area contributed by atoms with Gasteiger partial charge in [-0.2, -0.15) is 0 Å². The van der Waals surface area contributed by atoms with Crippen molar-refractivity contribution < 1.29 is 4.74 Å². The molecule has 5 heteroatoms. The van der Waals surface area contributed by atoms with Gasteiger partial charge in [0.1, 0.15) is 0 Å². The Bertz CT molecular complexity index is 284. The summed E-state index contributed by atoms with van der Waals surface area (Å²) < 4.78 is 5.46. The second-order valence-corrected chi connectivity index (χ2v) is 5.32. The smallest absolute Gasteiger partial charge is 0.191 e.